The van der Waals surface area contributed by atoms with Crippen LogP contribution < -0.4 is 9.92 Å². The molecule has 4 nitrogen and oxygen atoms in total. The van der Waals surface area contributed by atoms with Crippen molar-refractivity contribution in [2.45, 2.75) is 31.3 Å². The molecule has 1 aromatic rings. The third-order valence-corrected chi connectivity index (χ3v) is 4.19. The van der Waals surface area contributed by atoms with E-state index in [4.69, 9.17) is 5.73 Å². The van der Waals surface area contributed by atoms with Gasteiger partial charge in [-0.05, 0) is 48.9 Å². The average molecular weight is 372 g/mol. The molecule has 1 aliphatic rings. The van der Waals surface area contributed by atoms with Gasteiger partial charge in [0.25, 0.3) is 0 Å². The highest BCUT2D eigenvalue weighted by atomic mass is 35.5. The molecule has 1 aromatic carbocycles. The topological polar surface area (TPSA) is 69.4 Å². The fraction of sp³-hybridized carbons (Fsp3) is 0.429. The second-order valence-electron chi connectivity index (χ2n) is 5.26. The molecule has 23 heavy (non-hydrogen) atoms. The van der Waals surface area contributed by atoms with Gasteiger partial charge in [-0.2, -0.15) is 21.6 Å². The molecule has 1 fully saturated rings. The molecule has 1 aliphatic carbocycles. The van der Waals surface area contributed by atoms with E-state index in [2.05, 4.69) is 4.18 Å². The second-order valence-corrected chi connectivity index (χ2v) is 6.80. The molecular weight excluding hydrogens is 355 g/mol. The zero-order valence-corrected chi connectivity index (χ0v) is 13.8. The molecule has 1 saturated carbocycles. The molecule has 0 amide bonds. The first-order valence-electron chi connectivity index (χ1n) is 6.68. The van der Waals surface area contributed by atoms with Gasteiger partial charge >= 0.3 is 15.6 Å². The third-order valence-electron chi connectivity index (χ3n) is 3.21. The molecule has 0 heterocycles. The second kappa shape index (κ2) is 7.11. The quantitative estimate of drug-likeness (QED) is 0.631. The van der Waals surface area contributed by atoms with Gasteiger partial charge in [0.05, 0.1) is 0 Å². The number of benzene rings is 1. The fourth-order valence-electron chi connectivity index (χ4n) is 1.85. The summed E-state index contributed by atoms with van der Waals surface area (Å²) in [4.78, 5) is 0. The number of alkyl halides is 3. The van der Waals surface area contributed by atoms with Gasteiger partial charge in [0, 0.05) is 6.04 Å². The third kappa shape index (κ3) is 5.12. The van der Waals surface area contributed by atoms with E-state index in [9.17, 15) is 21.6 Å². The minimum atomic E-state index is -5.68. The molecule has 0 radical (unpaired) electrons. The largest absolute Gasteiger partial charge is 0.534 e. The number of hydrogen-bond acceptors (Lipinski definition) is 4. The number of rotatable bonds is 5. The normalized spacial score (nSPS) is 16.9. The molecule has 0 aliphatic heterocycles. The van der Waals surface area contributed by atoms with Crippen molar-refractivity contribution < 1.29 is 25.8 Å². The van der Waals surface area contributed by atoms with E-state index in [1.807, 2.05) is 12.2 Å². The van der Waals surface area contributed by atoms with Crippen LogP contribution in [0.1, 0.15) is 36.9 Å². The molecular formula is C14H17ClF3NO3S. The van der Waals surface area contributed by atoms with E-state index in [-0.39, 0.29) is 12.4 Å². The van der Waals surface area contributed by atoms with Crippen LogP contribution in [0, 0.1) is 5.92 Å². The van der Waals surface area contributed by atoms with Gasteiger partial charge in [-0.3, -0.25) is 0 Å². The summed E-state index contributed by atoms with van der Waals surface area (Å²) < 4.78 is 63.1. The Labute approximate surface area is 139 Å². The summed E-state index contributed by atoms with van der Waals surface area (Å²) in [5, 5.41) is 0. The predicted molar refractivity (Wildman–Crippen MR) is 83.7 cm³/mol. The van der Waals surface area contributed by atoms with Crippen LogP contribution in [0.25, 0.3) is 6.08 Å². The fourth-order valence-corrected chi connectivity index (χ4v) is 2.30. The SMILES string of the molecule is C[C@H](N)c1cc(OS(=O)(=O)C(F)(F)F)ccc1/C=C/C1CC1.Cl. The molecule has 1 atom stereocenters. The predicted octanol–water partition coefficient (Wildman–Crippen LogP) is 3.78. The summed E-state index contributed by atoms with van der Waals surface area (Å²) in [5.74, 6) is 0.121. The van der Waals surface area contributed by atoms with Crippen molar-refractivity contribution >= 4 is 28.6 Å². The van der Waals surface area contributed by atoms with Crippen molar-refractivity contribution in [3.8, 4) is 5.75 Å². The summed E-state index contributed by atoms with van der Waals surface area (Å²) in [7, 11) is -5.68. The summed E-state index contributed by atoms with van der Waals surface area (Å²) in [6.45, 7) is 1.66. The summed E-state index contributed by atoms with van der Waals surface area (Å²) >= 11 is 0. The lowest BCUT2D eigenvalue weighted by Gasteiger charge is -2.14. The van der Waals surface area contributed by atoms with Gasteiger partial charge in [0.15, 0.2) is 0 Å². The smallest absolute Gasteiger partial charge is 0.376 e. The Morgan fingerprint density at radius 2 is 1.96 bits per heavy atom. The molecule has 0 aromatic heterocycles. The van der Waals surface area contributed by atoms with Crippen molar-refractivity contribution in [3.05, 3.63) is 35.4 Å². The summed E-state index contributed by atoms with van der Waals surface area (Å²) in [6.07, 6.45) is 6.09. The summed E-state index contributed by atoms with van der Waals surface area (Å²) in [6, 6.07) is 3.43. The Morgan fingerprint density at radius 1 is 1.35 bits per heavy atom. The van der Waals surface area contributed by atoms with Crippen LogP contribution in [0.5, 0.6) is 5.75 Å². The molecule has 0 unspecified atom stereocenters. The van der Waals surface area contributed by atoms with E-state index in [1.54, 1.807) is 6.92 Å². The van der Waals surface area contributed by atoms with Gasteiger partial charge in [0.1, 0.15) is 5.75 Å². The Kier molecular flexibility index (Phi) is 6.12. The maximum atomic E-state index is 12.3. The molecule has 2 rings (SSSR count). The van der Waals surface area contributed by atoms with Crippen LogP contribution in [-0.2, 0) is 10.1 Å². The average Bonchev–Trinajstić information content (AvgIpc) is 3.19. The monoisotopic (exact) mass is 371 g/mol. The molecule has 0 saturated heterocycles. The lowest BCUT2D eigenvalue weighted by molar-refractivity contribution is -0.0500. The van der Waals surface area contributed by atoms with E-state index < -0.39 is 27.4 Å². The van der Waals surface area contributed by atoms with Crippen LogP contribution in [0.15, 0.2) is 24.3 Å². The van der Waals surface area contributed by atoms with E-state index in [0.29, 0.717) is 11.5 Å². The van der Waals surface area contributed by atoms with Crippen molar-refractivity contribution in [2.24, 2.45) is 11.7 Å². The Hall–Kier alpha value is -1.25. The Morgan fingerprint density at radius 3 is 2.43 bits per heavy atom. The standard InChI is InChI=1S/C14H16F3NO3S.ClH/c1-9(18)13-8-12(21-22(19,20)14(15,16)17)7-6-11(13)5-4-10-2-3-10;/h4-10H,2-3,18H2,1H3;1H/b5-4+;/t9-;/m0./s1. The minimum Gasteiger partial charge on any atom is -0.376 e. The highest BCUT2D eigenvalue weighted by Gasteiger charge is 2.48. The van der Waals surface area contributed by atoms with E-state index in [0.717, 1.165) is 18.4 Å². The first-order chi connectivity index (χ1) is 10.1. The maximum absolute atomic E-state index is 12.3. The van der Waals surface area contributed by atoms with Gasteiger partial charge in [-0.15, -0.1) is 12.4 Å². The lowest BCUT2D eigenvalue weighted by atomic mass is 10.0. The zero-order valence-electron chi connectivity index (χ0n) is 12.2. The Bertz CT molecular complexity index is 683. The van der Waals surface area contributed by atoms with Gasteiger partial charge in [-0.1, -0.05) is 18.2 Å². The summed E-state index contributed by atoms with van der Waals surface area (Å²) in [5.41, 5.74) is 1.58. The van der Waals surface area contributed by atoms with Crippen molar-refractivity contribution in [1.82, 2.24) is 0 Å². The van der Waals surface area contributed by atoms with Crippen LogP contribution in [0.2, 0.25) is 0 Å². The molecule has 130 valence electrons. The molecule has 9 heteroatoms. The number of allylic oxidation sites excluding steroid dienone is 1. The zero-order chi connectivity index (χ0) is 16.5. The van der Waals surface area contributed by atoms with Crippen LogP contribution in [0.4, 0.5) is 13.2 Å². The molecule has 2 N–H and O–H groups in total. The van der Waals surface area contributed by atoms with Gasteiger partial charge < -0.3 is 9.92 Å². The van der Waals surface area contributed by atoms with Crippen LogP contribution in [-0.4, -0.2) is 13.9 Å². The van der Waals surface area contributed by atoms with Crippen LogP contribution in [0.3, 0.4) is 0 Å². The van der Waals surface area contributed by atoms with Crippen molar-refractivity contribution in [3.63, 3.8) is 0 Å². The van der Waals surface area contributed by atoms with Crippen molar-refractivity contribution in [2.75, 3.05) is 0 Å². The maximum Gasteiger partial charge on any atom is 0.534 e. The van der Waals surface area contributed by atoms with E-state index >= 15 is 0 Å². The lowest BCUT2D eigenvalue weighted by Crippen LogP contribution is -2.28. The number of hydrogen-bond donors (Lipinski definition) is 1. The molecule has 0 spiro atoms. The van der Waals surface area contributed by atoms with Gasteiger partial charge in [-0.25, -0.2) is 0 Å². The number of nitrogens with two attached hydrogens (primary N) is 1. The highest BCUT2D eigenvalue weighted by Crippen LogP contribution is 2.33. The number of halogens is 4. The first kappa shape index (κ1) is 19.8. The van der Waals surface area contributed by atoms with Crippen LogP contribution >= 0.6 is 12.4 Å². The minimum absolute atomic E-state index is 0. The first-order valence-corrected chi connectivity index (χ1v) is 8.09. The highest BCUT2D eigenvalue weighted by molar-refractivity contribution is 7.88. The van der Waals surface area contributed by atoms with Crippen molar-refractivity contribution in [1.29, 1.82) is 0 Å². The molecule has 0 bridgehead atoms. The van der Waals surface area contributed by atoms with E-state index in [1.165, 1.54) is 18.2 Å². The Balaban J connectivity index is 0.00000264. The van der Waals surface area contributed by atoms with Gasteiger partial charge in [0.2, 0.25) is 0 Å².